The molecule has 32 heavy (non-hydrogen) atoms. The van der Waals surface area contributed by atoms with Gasteiger partial charge in [0.25, 0.3) is 17.6 Å². The quantitative estimate of drug-likeness (QED) is 0.540. The monoisotopic (exact) mass is 441 g/mol. The Balaban J connectivity index is 2.17. The highest BCUT2D eigenvalue weighted by atomic mass is 19.4. The van der Waals surface area contributed by atoms with E-state index in [-0.39, 0.29) is 16.8 Å². The molecule has 1 fully saturated rings. The molecule has 2 aromatic rings. The Labute approximate surface area is 182 Å². The van der Waals surface area contributed by atoms with Crippen LogP contribution in [0.1, 0.15) is 16.7 Å². The number of ketones is 1. The molecule has 1 unspecified atom stereocenters. The zero-order chi connectivity index (χ0) is 23.7. The zero-order valence-corrected chi connectivity index (χ0v) is 17.2. The van der Waals surface area contributed by atoms with Gasteiger partial charge in [-0.25, -0.2) is 0 Å². The Kier molecular flexibility index (Phi) is 5.90. The van der Waals surface area contributed by atoms with Gasteiger partial charge in [-0.2, -0.15) is 18.4 Å². The van der Waals surface area contributed by atoms with Gasteiger partial charge in [-0.3, -0.25) is 14.4 Å². The van der Waals surface area contributed by atoms with Crippen LogP contribution in [0.25, 0.3) is 6.08 Å². The average Bonchev–Trinajstić information content (AvgIpc) is 2.78. The van der Waals surface area contributed by atoms with Crippen LogP contribution in [-0.4, -0.2) is 53.2 Å². The number of hydrogen-bond donors (Lipinski definition) is 0. The zero-order valence-electron chi connectivity index (χ0n) is 17.2. The van der Waals surface area contributed by atoms with Gasteiger partial charge in [0.2, 0.25) is 0 Å². The number of piperazine rings is 1. The van der Waals surface area contributed by atoms with Gasteiger partial charge < -0.3 is 9.80 Å². The lowest BCUT2D eigenvalue weighted by Gasteiger charge is -2.46. The Morgan fingerprint density at radius 2 is 1.66 bits per heavy atom. The molecule has 1 atom stereocenters. The number of carbonyl (C=O) groups excluding carboxylic acids is 3. The second-order valence-corrected chi connectivity index (χ2v) is 7.31. The molecule has 0 radical (unpaired) electrons. The molecular weight excluding hydrogens is 423 g/mol. The minimum absolute atomic E-state index is 0.212. The van der Waals surface area contributed by atoms with Gasteiger partial charge in [0, 0.05) is 20.5 Å². The molecule has 0 aromatic heterocycles. The van der Waals surface area contributed by atoms with Crippen LogP contribution < -0.4 is 0 Å². The fraction of sp³-hybridized carbons (Fsp3) is 0.217. The minimum atomic E-state index is -5.35. The molecule has 0 bridgehead atoms. The van der Waals surface area contributed by atoms with Crippen molar-refractivity contribution in [3.05, 3.63) is 77.0 Å². The largest absolute Gasteiger partial charge is 0.453 e. The van der Waals surface area contributed by atoms with Gasteiger partial charge in [0.05, 0.1) is 11.6 Å². The molecule has 9 heteroatoms. The van der Waals surface area contributed by atoms with Crippen molar-refractivity contribution in [3.63, 3.8) is 0 Å². The van der Waals surface area contributed by atoms with Gasteiger partial charge in [-0.15, -0.1) is 0 Å². The number of likely N-dealkylation sites (N-methyl/N-ethyl adjacent to an activating group) is 2. The molecule has 3 rings (SSSR count). The molecule has 6 nitrogen and oxygen atoms in total. The van der Waals surface area contributed by atoms with E-state index in [2.05, 4.69) is 0 Å². The average molecular weight is 441 g/mol. The van der Waals surface area contributed by atoms with Crippen molar-refractivity contribution < 1.29 is 27.6 Å². The topological polar surface area (TPSA) is 81.5 Å². The van der Waals surface area contributed by atoms with E-state index in [1.807, 2.05) is 6.07 Å². The molecular formula is C23H18F3N3O3. The third-order valence-corrected chi connectivity index (χ3v) is 5.43. The smallest absolute Gasteiger partial charge is 0.319 e. The number of hydrogen-bond acceptors (Lipinski definition) is 4. The van der Waals surface area contributed by atoms with Crippen LogP contribution in [0.5, 0.6) is 0 Å². The standard InChI is InChI=1S/C23H18F3N3O3/c1-28-18(12-16-10-6-7-11-17(16)14-27)19(30)29(2)22(21(28)32,20(31)23(24,25)26)13-15-8-4-3-5-9-15/h3-12H,13H2,1-2H3. The molecule has 1 aliphatic heterocycles. The summed E-state index contributed by atoms with van der Waals surface area (Å²) in [5.41, 5.74) is -2.24. The maximum absolute atomic E-state index is 13.6. The molecule has 1 heterocycles. The molecule has 0 aliphatic carbocycles. The van der Waals surface area contributed by atoms with Gasteiger partial charge in [-0.1, -0.05) is 48.5 Å². The summed E-state index contributed by atoms with van der Waals surface area (Å²) in [5.74, 6) is -4.46. The van der Waals surface area contributed by atoms with Gasteiger partial charge in [0.15, 0.2) is 5.54 Å². The van der Waals surface area contributed by atoms with Crippen molar-refractivity contribution in [3.8, 4) is 6.07 Å². The first-order chi connectivity index (χ1) is 15.0. The van der Waals surface area contributed by atoms with E-state index < -0.39 is 35.7 Å². The number of benzene rings is 2. The fourth-order valence-corrected chi connectivity index (χ4v) is 3.70. The van der Waals surface area contributed by atoms with Crippen LogP contribution in [0, 0.1) is 11.3 Å². The lowest BCUT2D eigenvalue weighted by Crippen LogP contribution is -2.72. The first-order valence-electron chi connectivity index (χ1n) is 9.46. The Bertz CT molecular complexity index is 1150. The summed E-state index contributed by atoms with van der Waals surface area (Å²) < 4.78 is 40.8. The highest BCUT2D eigenvalue weighted by Crippen LogP contribution is 2.37. The van der Waals surface area contributed by atoms with Crippen LogP contribution in [0.3, 0.4) is 0 Å². The third kappa shape index (κ3) is 3.75. The summed E-state index contributed by atoms with van der Waals surface area (Å²) in [6.07, 6.45) is -4.74. The second kappa shape index (κ2) is 8.30. The molecule has 1 aliphatic rings. The predicted octanol–water partition coefficient (Wildman–Crippen LogP) is 2.94. The second-order valence-electron chi connectivity index (χ2n) is 7.31. The lowest BCUT2D eigenvalue weighted by atomic mass is 9.81. The SMILES string of the molecule is CN1C(=O)C(Cc2ccccc2)(C(=O)C(F)(F)F)N(C)C(=O)C1=Cc1ccccc1C#N. The van der Waals surface area contributed by atoms with Gasteiger partial charge >= 0.3 is 6.18 Å². The Morgan fingerprint density at radius 1 is 1.06 bits per heavy atom. The number of halogens is 3. The van der Waals surface area contributed by atoms with E-state index in [0.29, 0.717) is 10.5 Å². The summed E-state index contributed by atoms with van der Waals surface area (Å²) in [7, 11) is 2.14. The Morgan fingerprint density at radius 3 is 2.25 bits per heavy atom. The predicted molar refractivity (Wildman–Crippen MR) is 109 cm³/mol. The molecule has 0 spiro atoms. The fourth-order valence-electron chi connectivity index (χ4n) is 3.70. The highest BCUT2D eigenvalue weighted by Gasteiger charge is 2.64. The van der Waals surface area contributed by atoms with Crippen molar-refractivity contribution in [2.45, 2.75) is 18.1 Å². The number of nitrogens with zero attached hydrogens (tertiary/aromatic N) is 3. The molecule has 2 aromatic carbocycles. The lowest BCUT2D eigenvalue weighted by molar-refractivity contribution is -0.190. The number of rotatable bonds is 4. The van der Waals surface area contributed by atoms with Crippen LogP contribution in [0.4, 0.5) is 13.2 Å². The van der Waals surface area contributed by atoms with Crippen molar-refractivity contribution in [2.75, 3.05) is 14.1 Å². The van der Waals surface area contributed by atoms with Gasteiger partial charge in [0.1, 0.15) is 5.70 Å². The first kappa shape index (κ1) is 22.7. The van der Waals surface area contributed by atoms with E-state index in [1.165, 1.54) is 30.3 Å². The van der Waals surface area contributed by atoms with E-state index in [4.69, 9.17) is 0 Å². The summed E-state index contributed by atoms with van der Waals surface area (Å²) in [4.78, 5) is 40.4. The number of amides is 2. The van der Waals surface area contributed by atoms with Gasteiger partial charge in [-0.05, 0) is 23.3 Å². The van der Waals surface area contributed by atoms with Crippen molar-refractivity contribution in [1.82, 2.24) is 9.80 Å². The summed E-state index contributed by atoms with van der Waals surface area (Å²) in [6, 6.07) is 15.9. The molecule has 0 saturated carbocycles. The van der Waals surface area contributed by atoms with E-state index in [0.717, 1.165) is 19.0 Å². The van der Waals surface area contributed by atoms with Crippen molar-refractivity contribution >= 4 is 23.7 Å². The molecule has 2 amide bonds. The van der Waals surface area contributed by atoms with Crippen LogP contribution in [-0.2, 0) is 20.8 Å². The number of nitriles is 1. The summed E-state index contributed by atoms with van der Waals surface area (Å²) >= 11 is 0. The first-order valence-corrected chi connectivity index (χ1v) is 9.46. The molecule has 0 N–H and O–H groups in total. The van der Waals surface area contributed by atoms with Crippen LogP contribution in [0.15, 0.2) is 60.3 Å². The highest BCUT2D eigenvalue weighted by molar-refractivity contribution is 6.21. The van der Waals surface area contributed by atoms with Crippen molar-refractivity contribution in [2.24, 2.45) is 0 Å². The number of Topliss-reactive ketones (excluding diaryl/α,β-unsaturated/α-hetero) is 1. The van der Waals surface area contributed by atoms with E-state index in [9.17, 15) is 32.8 Å². The normalized spacial score (nSPS) is 20.4. The molecule has 1 saturated heterocycles. The van der Waals surface area contributed by atoms with E-state index in [1.54, 1.807) is 30.3 Å². The molecule has 164 valence electrons. The number of alkyl halides is 3. The maximum Gasteiger partial charge on any atom is 0.453 e. The maximum atomic E-state index is 13.6. The minimum Gasteiger partial charge on any atom is -0.319 e. The third-order valence-electron chi connectivity index (χ3n) is 5.43. The summed E-state index contributed by atoms with van der Waals surface area (Å²) in [6.45, 7) is 0. The Hall–Kier alpha value is -3.93. The van der Waals surface area contributed by atoms with Crippen LogP contribution in [0.2, 0.25) is 0 Å². The summed E-state index contributed by atoms with van der Waals surface area (Å²) in [5, 5.41) is 9.27. The van der Waals surface area contributed by atoms with Crippen LogP contribution >= 0.6 is 0 Å². The number of carbonyl (C=O) groups is 3. The van der Waals surface area contributed by atoms with Crippen molar-refractivity contribution in [1.29, 1.82) is 5.26 Å². The van der Waals surface area contributed by atoms with E-state index >= 15 is 0 Å².